The molecule has 1 fully saturated rings. The van der Waals surface area contributed by atoms with Gasteiger partial charge in [0, 0.05) is 11.0 Å². The number of hydrogen-bond donors (Lipinski definition) is 1. The van der Waals surface area contributed by atoms with Crippen molar-refractivity contribution >= 4 is 34.3 Å². The van der Waals surface area contributed by atoms with E-state index >= 15 is 0 Å². The van der Waals surface area contributed by atoms with E-state index in [0.29, 0.717) is 17.4 Å². The number of rotatable bonds is 3. The van der Waals surface area contributed by atoms with Crippen LogP contribution in [0.1, 0.15) is 18.4 Å². The van der Waals surface area contributed by atoms with Gasteiger partial charge in [-0.25, -0.2) is 4.39 Å². The van der Waals surface area contributed by atoms with Gasteiger partial charge in [0.2, 0.25) is 0 Å². The molecule has 0 unspecified atom stereocenters. The lowest BCUT2D eigenvalue weighted by molar-refractivity contribution is -0.142. The third-order valence-corrected chi connectivity index (χ3v) is 3.41. The van der Waals surface area contributed by atoms with Gasteiger partial charge in [0.1, 0.15) is 11.9 Å². The Labute approximate surface area is 120 Å². The molecule has 1 aliphatic rings. The molecule has 1 aromatic rings. The van der Waals surface area contributed by atoms with E-state index in [4.69, 9.17) is 5.11 Å². The zero-order chi connectivity index (χ0) is 12.4. The van der Waals surface area contributed by atoms with Gasteiger partial charge in [-0.3, -0.25) is 9.69 Å². The van der Waals surface area contributed by atoms with Crippen molar-refractivity contribution in [1.29, 1.82) is 0 Å². The van der Waals surface area contributed by atoms with Crippen LogP contribution in [-0.2, 0) is 11.3 Å². The zero-order valence-electron chi connectivity index (χ0n) is 9.60. The molecular weight excluding hydrogens is 324 g/mol. The molecule has 1 heterocycles. The maximum absolute atomic E-state index is 13.2. The first kappa shape index (κ1) is 15.4. The first-order valence-corrected chi connectivity index (χ1v) is 6.27. The highest BCUT2D eigenvalue weighted by Crippen LogP contribution is 2.22. The summed E-state index contributed by atoms with van der Waals surface area (Å²) < 4.78 is 13.9. The van der Waals surface area contributed by atoms with Gasteiger partial charge in [-0.15, -0.1) is 12.4 Å². The molecule has 100 valence electrons. The molecule has 1 saturated heterocycles. The Kier molecular flexibility index (Phi) is 5.56. The average Bonchev–Trinajstić information content (AvgIpc) is 2.63. The van der Waals surface area contributed by atoms with E-state index in [-0.39, 0.29) is 18.2 Å². The van der Waals surface area contributed by atoms with Crippen molar-refractivity contribution in [2.45, 2.75) is 25.4 Å². The smallest absolute Gasteiger partial charge is 0.320 e. The molecule has 3 nitrogen and oxygen atoms in total. The van der Waals surface area contributed by atoms with Crippen LogP contribution < -0.4 is 0 Å². The van der Waals surface area contributed by atoms with E-state index in [9.17, 15) is 9.18 Å². The van der Waals surface area contributed by atoms with Crippen molar-refractivity contribution in [2.24, 2.45) is 0 Å². The average molecular weight is 339 g/mol. The fourth-order valence-corrected chi connectivity index (χ4v) is 2.74. The molecule has 0 saturated carbocycles. The van der Waals surface area contributed by atoms with Crippen molar-refractivity contribution in [3.05, 3.63) is 34.1 Å². The largest absolute Gasteiger partial charge is 0.480 e. The number of likely N-dealkylation sites (tertiary alicyclic amines) is 1. The molecule has 0 radical (unpaired) electrons. The molecule has 0 aliphatic carbocycles. The fourth-order valence-electron chi connectivity index (χ4n) is 2.23. The minimum Gasteiger partial charge on any atom is -0.480 e. The summed E-state index contributed by atoms with van der Waals surface area (Å²) in [7, 11) is 0. The van der Waals surface area contributed by atoms with Gasteiger partial charge < -0.3 is 5.11 Å². The van der Waals surface area contributed by atoms with Gasteiger partial charge in [0.15, 0.2) is 0 Å². The van der Waals surface area contributed by atoms with E-state index < -0.39 is 12.0 Å². The first-order chi connectivity index (χ1) is 8.06. The Morgan fingerprint density at radius 2 is 2.22 bits per heavy atom. The van der Waals surface area contributed by atoms with Crippen LogP contribution in [0, 0.1) is 5.82 Å². The van der Waals surface area contributed by atoms with E-state index in [2.05, 4.69) is 15.9 Å². The Hall–Kier alpha value is -0.650. The number of halogens is 3. The number of aliphatic carboxylic acids is 1. The minimum atomic E-state index is -0.794. The third kappa shape index (κ3) is 3.67. The number of hydrogen-bond acceptors (Lipinski definition) is 2. The van der Waals surface area contributed by atoms with Crippen molar-refractivity contribution in [3.63, 3.8) is 0 Å². The van der Waals surface area contributed by atoms with Crippen molar-refractivity contribution in [1.82, 2.24) is 4.90 Å². The SMILES string of the molecule is Cl.O=C(O)[C@H]1CCCN1Cc1cc(F)cc(Br)c1. The first-order valence-electron chi connectivity index (χ1n) is 5.48. The van der Waals surface area contributed by atoms with Crippen LogP contribution in [0.3, 0.4) is 0 Å². The van der Waals surface area contributed by atoms with Gasteiger partial charge in [-0.05, 0) is 43.1 Å². The van der Waals surface area contributed by atoms with Gasteiger partial charge in [-0.2, -0.15) is 0 Å². The topological polar surface area (TPSA) is 40.5 Å². The number of carbonyl (C=O) groups is 1. The van der Waals surface area contributed by atoms with Crippen molar-refractivity contribution < 1.29 is 14.3 Å². The van der Waals surface area contributed by atoms with Crippen LogP contribution in [0.25, 0.3) is 0 Å². The summed E-state index contributed by atoms with van der Waals surface area (Å²) in [5.74, 6) is -1.10. The van der Waals surface area contributed by atoms with Crippen LogP contribution in [-0.4, -0.2) is 28.6 Å². The number of carboxylic acid groups (broad SMARTS) is 1. The summed E-state index contributed by atoms with van der Waals surface area (Å²) in [4.78, 5) is 12.9. The van der Waals surface area contributed by atoms with Crippen molar-refractivity contribution in [3.8, 4) is 0 Å². The van der Waals surface area contributed by atoms with Crippen LogP contribution in [0.2, 0.25) is 0 Å². The number of carboxylic acids is 1. The fraction of sp³-hybridized carbons (Fsp3) is 0.417. The van der Waals surface area contributed by atoms with Gasteiger partial charge >= 0.3 is 5.97 Å². The highest BCUT2D eigenvalue weighted by Gasteiger charge is 2.30. The predicted octanol–water partition coefficient (Wildman–Crippen LogP) is 3.06. The third-order valence-electron chi connectivity index (χ3n) is 2.96. The molecule has 0 amide bonds. The molecule has 6 heteroatoms. The molecule has 1 aliphatic heterocycles. The molecule has 18 heavy (non-hydrogen) atoms. The summed E-state index contributed by atoms with van der Waals surface area (Å²) in [6, 6.07) is 4.22. The Balaban J connectivity index is 0.00000162. The van der Waals surface area contributed by atoms with Gasteiger partial charge in [0.25, 0.3) is 0 Å². The van der Waals surface area contributed by atoms with E-state index in [1.54, 1.807) is 0 Å². The summed E-state index contributed by atoms with van der Waals surface area (Å²) in [6.07, 6.45) is 1.55. The van der Waals surface area contributed by atoms with Crippen LogP contribution in [0.4, 0.5) is 4.39 Å². The Morgan fingerprint density at radius 3 is 2.83 bits per heavy atom. The lowest BCUT2D eigenvalue weighted by atomic mass is 10.2. The lowest BCUT2D eigenvalue weighted by Crippen LogP contribution is -2.35. The van der Waals surface area contributed by atoms with E-state index in [1.807, 2.05) is 11.0 Å². The summed E-state index contributed by atoms with van der Waals surface area (Å²) in [5.41, 5.74) is 0.796. The lowest BCUT2D eigenvalue weighted by Gasteiger charge is -2.21. The quantitative estimate of drug-likeness (QED) is 0.921. The standard InChI is InChI=1S/C12H13BrFNO2.ClH/c13-9-4-8(5-10(14)6-9)7-15-3-1-2-11(15)12(16)17;/h4-6,11H,1-3,7H2,(H,16,17);1H/t11-;/m1./s1. The molecule has 0 bridgehead atoms. The molecule has 0 aromatic heterocycles. The molecular formula is C12H14BrClFNO2. The zero-order valence-corrected chi connectivity index (χ0v) is 12.0. The number of nitrogens with zero attached hydrogens (tertiary/aromatic N) is 1. The summed E-state index contributed by atoms with van der Waals surface area (Å²) in [6.45, 7) is 1.23. The molecule has 1 aromatic carbocycles. The Bertz CT molecular complexity index is 424. The summed E-state index contributed by atoms with van der Waals surface area (Å²) >= 11 is 3.23. The maximum atomic E-state index is 13.2. The highest BCUT2D eigenvalue weighted by atomic mass is 79.9. The monoisotopic (exact) mass is 337 g/mol. The van der Waals surface area contributed by atoms with Crippen molar-refractivity contribution in [2.75, 3.05) is 6.54 Å². The van der Waals surface area contributed by atoms with Crippen LogP contribution >= 0.6 is 28.3 Å². The van der Waals surface area contributed by atoms with E-state index in [0.717, 1.165) is 18.5 Å². The summed E-state index contributed by atoms with van der Waals surface area (Å²) in [5, 5.41) is 9.05. The molecule has 0 spiro atoms. The normalized spacial score (nSPS) is 19.6. The second kappa shape index (κ2) is 6.50. The van der Waals surface area contributed by atoms with Gasteiger partial charge in [-0.1, -0.05) is 15.9 Å². The van der Waals surface area contributed by atoms with Crippen LogP contribution in [0.15, 0.2) is 22.7 Å². The van der Waals surface area contributed by atoms with Gasteiger partial charge in [0.05, 0.1) is 0 Å². The highest BCUT2D eigenvalue weighted by molar-refractivity contribution is 9.10. The molecule has 2 rings (SSSR count). The van der Waals surface area contributed by atoms with E-state index in [1.165, 1.54) is 12.1 Å². The Morgan fingerprint density at radius 1 is 1.50 bits per heavy atom. The second-order valence-electron chi connectivity index (χ2n) is 4.24. The minimum absolute atomic E-state index is 0. The second-order valence-corrected chi connectivity index (χ2v) is 5.16. The maximum Gasteiger partial charge on any atom is 0.320 e. The molecule has 1 atom stereocenters. The van der Waals surface area contributed by atoms with Crippen LogP contribution in [0.5, 0.6) is 0 Å². The predicted molar refractivity (Wildman–Crippen MR) is 72.4 cm³/mol. The number of benzene rings is 1. The molecule has 1 N–H and O–H groups in total.